The fraction of sp³-hybridized carbons (Fsp3) is 0.562. The van der Waals surface area contributed by atoms with Crippen LogP contribution in [0.15, 0.2) is 18.2 Å². The highest BCUT2D eigenvalue weighted by molar-refractivity contribution is 7.99. The number of carbonyl (C=O) groups excluding carboxylic acids is 1. The van der Waals surface area contributed by atoms with Gasteiger partial charge >= 0.3 is 0 Å². The number of carbonyl (C=O) groups is 1. The van der Waals surface area contributed by atoms with Crippen molar-refractivity contribution < 1.29 is 4.79 Å². The summed E-state index contributed by atoms with van der Waals surface area (Å²) < 4.78 is 0. The first kappa shape index (κ1) is 17.0. The first-order chi connectivity index (χ1) is 10.0. The Bertz CT molecular complexity index is 487. The lowest BCUT2D eigenvalue weighted by Crippen LogP contribution is -2.38. The predicted octanol–water partition coefficient (Wildman–Crippen LogP) is 4.92. The second kappa shape index (κ2) is 8.30. The molecule has 21 heavy (non-hydrogen) atoms. The van der Waals surface area contributed by atoms with Crippen LogP contribution >= 0.6 is 35.0 Å². The van der Waals surface area contributed by atoms with Gasteiger partial charge in [-0.1, -0.05) is 36.2 Å². The van der Waals surface area contributed by atoms with Gasteiger partial charge in [0.15, 0.2) is 0 Å². The van der Waals surface area contributed by atoms with Gasteiger partial charge in [-0.05, 0) is 49.3 Å². The predicted molar refractivity (Wildman–Crippen MR) is 92.2 cm³/mol. The van der Waals surface area contributed by atoms with E-state index in [9.17, 15) is 4.79 Å². The zero-order valence-corrected chi connectivity index (χ0v) is 14.5. The van der Waals surface area contributed by atoms with Gasteiger partial charge in [0.05, 0.1) is 15.8 Å². The van der Waals surface area contributed by atoms with Crippen molar-refractivity contribution in [2.75, 3.05) is 5.75 Å². The first-order valence-electron chi connectivity index (χ1n) is 7.35. The lowest BCUT2D eigenvalue weighted by Gasteiger charge is -2.26. The van der Waals surface area contributed by atoms with Crippen LogP contribution in [0.3, 0.4) is 0 Å². The third-order valence-corrected chi connectivity index (χ3v) is 5.61. The van der Waals surface area contributed by atoms with Crippen LogP contribution < -0.4 is 5.32 Å². The van der Waals surface area contributed by atoms with Gasteiger partial charge in [0.1, 0.15) is 0 Å². The summed E-state index contributed by atoms with van der Waals surface area (Å²) in [6, 6.07) is 5.97. The molecule has 5 heteroatoms. The molecule has 1 aliphatic rings. The number of halogens is 2. The normalized spacial score (nSPS) is 22.0. The Morgan fingerprint density at radius 3 is 2.62 bits per heavy atom. The first-order valence-corrected chi connectivity index (χ1v) is 9.26. The average molecular weight is 346 g/mol. The SMILES string of the molecule is CC1CCC(NC(=O)CSCc2ccc(Cl)c(Cl)c2)CC1. The minimum Gasteiger partial charge on any atom is -0.353 e. The molecular formula is C16H21Cl2NOS. The fourth-order valence-electron chi connectivity index (χ4n) is 2.56. The summed E-state index contributed by atoms with van der Waals surface area (Å²) in [7, 11) is 0. The van der Waals surface area contributed by atoms with Crippen molar-refractivity contribution >= 4 is 40.9 Å². The molecule has 116 valence electrons. The second-order valence-corrected chi connectivity index (χ2v) is 7.57. The summed E-state index contributed by atoms with van der Waals surface area (Å²) >= 11 is 13.5. The third kappa shape index (κ3) is 5.72. The number of amides is 1. The number of benzene rings is 1. The van der Waals surface area contributed by atoms with Crippen LogP contribution in [0.5, 0.6) is 0 Å². The average Bonchev–Trinajstić information content (AvgIpc) is 2.45. The largest absolute Gasteiger partial charge is 0.353 e. The molecule has 0 aromatic heterocycles. The highest BCUT2D eigenvalue weighted by Gasteiger charge is 2.19. The Labute approximate surface area is 141 Å². The Balaban J connectivity index is 1.68. The second-order valence-electron chi connectivity index (χ2n) is 5.77. The van der Waals surface area contributed by atoms with Crippen LogP contribution in [-0.2, 0) is 10.5 Å². The van der Waals surface area contributed by atoms with Crippen molar-refractivity contribution in [3.05, 3.63) is 33.8 Å². The van der Waals surface area contributed by atoms with E-state index in [1.807, 2.05) is 12.1 Å². The lowest BCUT2D eigenvalue weighted by molar-refractivity contribution is -0.119. The fourth-order valence-corrected chi connectivity index (χ4v) is 3.67. The van der Waals surface area contributed by atoms with Crippen LogP contribution in [0.2, 0.25) is 10.0 Å². The molecule has 1 saturated carbocycles. The molecule has 0 spiro atoms. The topological polar surface area (TPSA) is 29.1 Å². The van der Waals surface area contributed by atoms with Crippen LogP contribution in [0.4, 0.5) is 0 Å². The number of thioether (sulfide) groups is 1. The van der Waals surface area contributed by atoms with Gasteiger partial charge in [-0.15, -0.1) is 11.8 Å². The van der Waals surface area contributed by atoms with Crippen LogP contribution in [0.25, 0.3) is 0 Å². The molecule has 1 amide bonds. The molecule has 1 aromatic carbocycles. The lowest BCUT2D eigenvalue weighted by atomic mass is 9.87. The van der Waals surface area contributed by atoms with Crippen molar-refractivity contribution in [3.63, 3.8) is 0 Å². The van der Waals surface area contributed by atoms with E-state index in [1.165, 1.54) is 12.8 Å². The number of nitrogens with one attached hydrogen (secondary N) is 1. The van der Waals surface area contributed by atoms with E-state index in [4.69, 9.17) is 23.2 Å². The molecule has 1 aromatic rings. The Morgan fingerprint density at radius 1 is 1.24 bits per heavy atom. The van der Waals surface area contributed by atoms with Gasteiger partial charge in [-0.2, -0.15) is 0 Å². The molecule has 1 N–H and O–H groups in total. The summed E-state index contributed by atoms with van der Waals surface area (Å²) in [5, 5.41) is 4.27. The molecule has 0 heterocycles. The van der Waals surface area contributed by atoms with E-state index < -0.39 is 0 Å². The Kier molecular flexibility index (Phi) is 6.72. The molecule has 1 fully saturated rings. The summed E-state index contributed by atoms with van der Waals surface area (Å²) in [5.74, 6) is 2.21. The van der Waals surface area contributed by atoms with E-state index in [1.54, 1.807) is 17.8 Å². The molecule has 0 radical (unpaired) electrons. The Morgan fingerprint density at radius 2 is 1.95 bits per heavy atom. The standard InChI is InChI=1S/C16H21Cl2NOS/c1-11-2-5-13(6-3-11)19-16(20)10-21-9-12-4-7-14(17)15(18)8-12/h4,7-8,11,13H,2-3,5-6,9-10H2,1H3,(H,19,20). The van der Waals surface area contributed by atoms with Gasteiger partial charge in [0.2, 0.25) is 5.91 Å². The van der Waals surface area contributed by atoms with E-state index >= 15 is 0 Å². The van der Waals surface area contributed by atoms with Gasteiger partial charge in [-0.3, -0.25) is 4.79 Å². The van der Waals surface area contributed by atoms with Crippen LogP contribution in [-0.4, -0.2) is 17.7 Å². The molecule has 2 rings (SSSR count). The van der Waals surface area contributed by atoms with E-state index in [0.29, 0.717) is 21.8 Å². The van der Waals surface area contributed by atoms with Gasteiger partial charge in [0, 0.05) is 11.8 Å². The quantitative estimate of drug-likeness (QED) is 0.820. The molecular weight excluding hydrogens is 325 g/mol. The van der Waals surface area contributed by atoms with Crippen molar-refractivity contribution in [3.8, 4) is 0 Å². The van der Waals surface area contributed by atoms with Crippen molar-refractivity contribution in [2.24, 2.45) is 5.92 Å². The summed E-state index contributed by atoms with van der Waals surface area (Å²) in [6.07, 6.45) is 4.68. The molecule has 0 aliphatic heterocycles. The molecule has 0 atom stereocenters. The van der Waals surface area contributed by atoms with E-state index in [0.717, 1.165) is 30.1 Å². The van der Waals surface area contributed by atoms with Gasteiger partial charge < -0.3 is 5.32 Å². The smallest absolute Gasteiger partial charge is 0.230 e. The Hall–Kier alpha value is -0.380. The molecule has 0 unspecified atom stereocenters. The zero-order chi connectivity index (χ0) is 15.2. The van der Waals surface area contributed by atoms with E-state index in [2.05, 4.69) is 12.2 Å². The summed E-state index contributed by atoms with van der Waals surface area (Å²) in [5.41, 5.74) is 1.09. The minimum atomic E-state index is 0.139. The van der Waals surface area contributed by atoms with Gasteiger partial charge in [0.25, 0.3) is 0 Å². The van der Waals surface area contributed by atoms with Crippen LogP contribution in [0, 0.1) is 5.92 Å². The van der Waals surface area contributed by atoms with Gasteiger partial charge in [-0.25, -0.2) is 0 Å². The highest BCUT2D eigenvalue weighted by Crippen LogP contribution is 2.25. The number of hydrogen-bond donors (Lipinski definition) is 1. The summed E-state index contributed by atoms with van der Waals surface area (Å²) in [4.78, 5) is 11.9. The molecule has 0 saturated heterocycles. The molecule has 0 bridgehead atoms. The molecule has 1 aliphatic carbocycles. The van der Waals surface area contributed by atoms with Crippen molar-refractivity contribution in [2.45, 2.75) is 44.4 Å². The van der Waals surface area contributed by atoms with E-state index in [-0.39, 0.29) is 5.91 Å². The zero-order valence-electron chi connectivity index (χ0n) is 12.2. The maximum Gasteiger partial charge on any atom is 0.230 e. The monoisotopic (exact) mass is 345 g/mol. The highest BCUT2D eigenvalue weighted by atomic mass is 35.5. The third-order valence-electron chi connectivity index (χ3n) is 3.87. The maximum absolute atomic E-state index is 11.9. The molecule has 2 nitrogen and oxygen atoms in total. The minimum absolute atomic E-state index is 0.139. The summed E-state index contributed by atoms with van der Waals surface area (Å²) in [6.45, 7) is 2.28. The number of rotatable bonds is 5. The van der Waals surface area contributed by atoms with Crippen molar-refractivity contribution in [1.82, 2.24) is 5.32 Å². The van der Waals surface area contributed by atoms with Crippen molar-refractivity contribution in [1.29, 1.82) is 0 Å². The maximum atomic E-state index is 11.9. The number of hydrogen-bond acceptors (Lipinski definition) is 2. The van der Waals surface area contributed by atoms with Crippen LogP contribution in [0.1, 0.15) is 38.2 Å².